The van der Waals surface area contributed by atoms with Crippen LogP contribution in [-0.4, -0.2) is 46.1 Å². The molecule has 0 aliphatic carbocycles. The molecule has 4 rings (SSSR count). The molecule has 1 aliphatic heterocycles. The summed E-state index contributed by atoms with van der Waals surface area (Å²) in [6.45, 7) is 2.06. The predicted octanol–water partition coefficient (Wildman–Crippen LogP) is 6.31. The van der Waals surface area contributed by atoms with Crippen LogP contribution >= 0.6 is 46.5 Å². The van der Waals surface area contributed by atoms with Gasteiger partial charge in [0, 0.05) is 29.6 Å². The third kappa shape index (κ3) is 6.81. The predicted molar refractivity (Wildman–Crippen MR) is 143 cm³/mol. The molecular weight excluding hydrogens is 546 g/mol. The molecule has 0 spiro atoms. The number of aromatic nitrogens is 1. The quantitative estimate of drug-likeness (QED) is 0.244. The Bertz CT molecular complexity index is 1210. The van der Waals surface area contributed by atoms with Gasteiger partial charge >= 0.3 is 5.97 Å². The van der Waals surface area contributed by atoms with Gasteiger partial charge in [0.25, 0.3) is 0 Å². The Morgan fingerprint density at radius 3 is 2.75 bits per heavy atom. The summed E-state index contributed by atoms with van der Waals surface area (Å²) in [4.78, 5) is 18.0. The van der Waals surface area contributed by atoms with E-state index in [-0.39, 0.29) is 10.8 Å². The number of likely N-dealkylation sites (tertiary alicyclic amines) is 1. The van der Waals surface area contributed by atoms with Crippen molar-refractivity contribution in [2.24, 2.45) is 5.73 Å². The highest BCUT2D eigenvalue weighted by atomic mass is 35.5. The summed E-state index contributed by atoms with van der Waals surface area (Å²) in [6.07, 6.45) is 2.32. The second-order valence-electron chi connectivity index (χ2n) is 8.55. The number of carboxylic acid groups (broad SMARTS) is 1. The lowest BCUT2D eigenvalue weighted by molar-refractivity contribution is -0.145. The largest absolute Gasteiger partial charge is 0.480 e. The first-order valence-electron chi connectivity index (χ1n) is 11.2. The van der Waals surface area contributed by atoms with Gasteiger partial charge in [-0.3, -0.25) is 4.79 Å². The molecule has 1 aromatic heterocycles. The minimum Gasteiger partial charge on any atom is -0.480 e. The Balaban J connectivity index is 1.38. The van der Waals surface area contributed by atoms with Crippen LogP contribution in [0.5, 0.6) is 11.5 Å². The molecule has 2 heterocycles. The topological polar surface area (TPSA) is 101 Å². The van der Waals surface area contributed by atoms with Crippen LogP contribution < -0.4 is 15.2 Å². The van der Waals surface area contributed by atoms with Gasteiger partial charge in [0.15, 0.2) is 0 Å². The first-order valence-corrected chi connectivity index (χ1v) is 13.8. The van der Waals surface area contributed by atoms with E-state index in [9.17, 15) is 14.3 Å². The highest BCUT2D eigenvalue weighted by Gasteiger charge is 2.37. The van der Waals surface area contributed by atoms with Crippen molar-refractivity contribution in [1.29, 1.82) is 0 Å². The molecular formula is C24H25Cl2FN4O3S2. The molecule has 4 N–H and O–H groups in total. The Hall–Kier alpha value is -2.08. The van der Waals surface area contributed by atoms with Crippen LogP contribution in [0.25, 0.3) is 0 Å². The molecule has 0 atom stereocenters. The number of thiazole rings is 1. The van der Waals surface area contributed by atoms with Gasteiger partial charge in [0.2, 0.25) is 0 Å². The summed E-state index contributed by atoms with van der Waals surface area (Å²) in [5, 5.41) is 12.0. The Labute approximate surface area is 226 Å². The normalized spacial score (nSPS) is 15.6. The highest BCUT2D eigenvalue weighted by molar-refractivity contribution is 8.00. The van der Waals surface area contributed by atoms with Gasteiger partial charge in [-0.1, -0.05) is 23.2 Å². The van der Waals surface area contributed by atoms with Crippen LogP contribution in [0, 0.1) is 5.82 Å². The molecule has 3 aromatic rings. The number of piperidine rings is 1. The van der Waals surface area contributed by atoms with Crippen molar-refractivity contribution >= 4 is 58.3 Å². The van der Waals surface area contributed by atoms with Crippen LogP contribution in [0.1, 0.15) is 24.8 Å². The lowest BCUT2D eigenvalue weighted by atomic mass is 9.89. The summed E-state index contributed by atoms with van der Waals surface area (Å²) >= 11 is 15.2. The van der Waals surface area contributed by atoms with Crippen LogP contribution in [0.15, 0.2) is 46.1 Å². The summed E-state index contributed by atoms with van der Waals surface area (Å²) < 4.78 is 23.7. The van der Waals surface area contributed by atoms with E-state index >= 15 is 0 Å². The average molecular weight is 572 g/mol. The number of hydrogen-bond acceptors (Lipinski definition) is 8. The average Bonchev–Trinajstić information content (AvgIpc) is 3.37. The van der Waals surface area contributed by atoms with Gasteiger partial charge in [-0.15, -0.1) is 11.3 Å². The second kappa shape index (κ2) is 12.0. The summed E-state index contributed by atoms with van der Waals surface area (Å²) in [7, 11) is 0. The van der Waals surface area contributed by atoms with Crippen molar-refractivity contribution in [3.8, 4) is 11.5 Å². The molecule has 0 bridgehead atoms. The zero-order chi connectivity index (χ0) is 25.7. The number of carbonyl (C=O) groups is 1. The Kier molecular flexibility index (Phi) is 8.97. The molecule has 12 heteroatoms. The molecule has 1 fully saturated rings. The lowest BCUT2D eigenvalue weighted by Crippen LogP contribution is -2.55. The van der Waals surface area contributed by atoms with E-state index in [0.29, 0.717) is 53.8 Å². The Morgan fingerprint density at radius 1 is 1.28 bits per heavy atom. The zero-order valence-electron chi connectivity index (χ0n) is 19.2. The monoisotopic (exact) mass is 570 g/mol. The number of hydrogen-bond donors (Lipinski definition) is 3. The van der Waals surface area contributed by atoms with E-state index in [1.54, 1.807) is 17.6 Å². The van der Waals surface area contributed by atoms with Gasteiger partial charge in [0.1, 0.15) is 28.7 Å². The lowest BCUT2D eigenvalue weighted by Gasteiger charge is -2.36. The minimum absolute atomic E-state index is 0.208. The number of benzene rings is 2. The van der Waals surface area contributed by atoms with Crippen molar-refractivity contribution in [3.05, 3.63) is 62.6 Å². The second-order valence-corrected chi connectivity index (χ2v) is 11.0. The van der Waals surface area contributed by atoms with E-state index < -0.39 is 17.3 Å². The molecule has 2 aromatic carbocycles. The fourth-order valence-corrected chi connectivity index (χ4v) is 5.56. The Morgan fingerprint density at radius 2 is 2.06 bits per heavy atom. The first-order chi connectivity index (χ1) is 17.2. The molecule has 0 saturated carbocycles. The van der Waals surface area contributed by atoms with Crippen molar-refractivity contribution < 1.29 is 19.0 Å². The third-order valence-electron chi connectivity index (χ3n) is 6.02. The maximum absolute atomic E-state index is 14.7. The molecule has 0 radical (unpaired) electrons. The van der Waals surface area contributed by atoms with Crippen LogP contribution in [-0.2, 0) is 11.2 Å². The van der Waals surface area contributed by atoms with Gasteiger partial charge < -0.3 is 25.2 Å². The maximum Gasteiger partial charge on any atom is 0.323 e. The van der Waals surface area contributed by atoms with Crippen LogP contribution in [0.4, 0.5) is 10.2 Å². The number of nitrogens with zero attached hydrogens (tertiary/aromatic N) is 2. The summed E-state index contributed by atoms with van der Waals surface area (Å²) in [6, 6.07) is 8.06. The van der Waals surface area contributed by atoms with E-state index in [2.05, 4.69) is 14.6 Å². The van der Waals surface area contributed by atoms with E-state index in [1.807, 2.05) is 11.4 Å². The SMILES string of the molecule is NC1(C(=O)O)CCN(CCCc2cc(Cl)ccc2Oc2cc(F)c(SNc3cscn3)cc2Cl)CC1. The molecule has 0 amide bonds. The summed E-state index contributed by atoms with van der Waals surface area (Å²) in [5.41, 5.74) is 7.38. The number of rotatable bonds is 10. The number of carboxylic acids is 1. The minimum atomic E-state index is -1.14. The molecule has 1 saturated heterocycles. The molecule has 1 aliphatic rings. The molecule has 36 heavy (non-hydrogen) atoms. The van der Waals surface area contributed by atoms with Crippen molar-refractivity contribution in [2.75, 3.05) is 24.4 Å². The van der Waals surface area contributed by atoms with Crippen molar-refractivity contribution in [2.45, 2.75) is 36.1 Å². The summed E-state index contributed by atoms with van der Waals surface area (Å²) in [5.74, 6) is -0.0206. The van der Waals surface area contributed by atoms with E-state index in [0.717, 1.165) is 30.5 Å². The fraction of sp³-hybridized carbons (Fsp3) is 0.333. The van der Waals surface area contributed by atoms with E-state index in [1.165, 1.54) is 23.5 Å². The van der Waals surface area contributed by atoms with Gasteiger partial charge in [-0.2, -0.15) is 0 Å². The van der Waals surface area contributed by atoms with Crippen molar-refractivity contribution in [1.82, 2.24) is 9.88 Å². The highest BCUT2D eigenvalue weighted by Crippen LogP contribution is 2.37. The van der Waals surface area contributed by atoms with Crippen molar-refractivity contribution in [3.63, 3.8) is 0 Å². The number of anilines is 1. The molecule has 0 unspecified atom stereocenters. The smallest absolute Gasteiger partial charge is 0.323 e. The number of aryl methyl sites for hydroxylation is 1. The standard InChI is InChI=1S/C24H25Cl2FN4O3S2/c25-16-3-4-19(15(10-16)2-1-7-31-8-5-24(28,6-9-31)23(32)33)34-20-12-18(27)21(11-17(20)26)36-30-22-13-35-14-29-22/h3-4,10-14,30H,1-2,5-9,28H2,(H,32,33). The van der Waals surface area contributed by atoms with Gasteiger partial charge in [0.05, 0.1) is 15.4 Å². The molecule has 192 valence electrons. The molecule has 7 nitrogen and oxygen atoms in total. The van der Waals surface area contributed by atoms with Gasteiger partial charge in [-0.25, -0.2) is 9.37 Å². The van der Waals surface area contributed by atoms with E-state index in [4.69, 9.17) is 33.7 Å². The number of nitrogens with two attached hydrogens (primary N) is 1. The fourth-order valence-electron chi connectivity index (χ4n) is 3.88. The zero-order valence-corrected chi connectivity index (χ0v) is 22.3. The number of halogens is 3. The van der Waals surface area contributed by atoms with Crippen LogP contribution in [0.2, 0.25) is 10.0 Å². The van der Waals surface area contributed by atoms with Crippen LogP contribution in [0.3, 0.4) is 0 Å². The maximum atomic E-state index is 14.7. The number of aliphatic carboxylic acids is 1. The first kappa shape index (κ1) is 27.0. The van der Waals surface area contributed by atoms with Gasteiger partial charge in [-0.05, 0) is 74.0 Å². The number of ether oxygens (including phenoxy) is 1. The third-order valence-corrected chi connectivity index (χ3v) is 7.98. The number of nitrogens with one attached hydrogen (secondary N) is 1.